The summed E-state index contributed by atoms with van der Waals surface area (Å²) in [4.78, 5) is 45.3. The van der Waals surface area contributed by atoms with Crippen LogP contribution in [0, 0.1) is 18.3 Å². The second kappa shape index (κ2) is 11.5. The van der Waals surface area contributed by atoms with Crippen LogP contribution in [0.2, 0.25) is 0 Å². The normalized spacial score (nSPS) is 20.5. The van der Waals surface area contributed by atoms with Crippen molar-refractivity contribution in [1.29, 1.82) is 0 Å². The molecule has 6 rings (SSSR count). The van der Waals surface area contributed by atoms with Gasteiger partial charge in [-0.25, -0.2) is 15.0 Å². The van der Waals surface area contributed by atoms with E-state index in [9.17, 15) is 19.8 Å². The van der Waals surface area contributed by atoms with Gasteiger partial charge in [0.05, 0.1) is 34.2 Å². The van der Waals surface area contributed by atoms with Crippen LogP contribution in [0.3, 0.4) is 0 Å². The van der Waals surface area contributed by atoms with Gasteiger partial charge in [-0.05, 0) is 86.6 Å². The number of rotatable bonds is 7. The number of hydrogen-bond donors (Lipinski definition) is 3. The fraction of sp³-hybridized carbons (Fsp3) is 0.359. The fourth-order valence-corrected chi connectivity index (χ4v) is 7.10. The fourth-order valence-electron chi connectivity index (χ4n) is 7.10. The summed E-state index contributed by atoms with van der Waals surface area (Å²) in [5.41, 5.74) is 10.8. The Kier molecular flexibility index (Phi) is 7.91. The van der Waals surface area contributed by atoms with Crippen LogP contribution in [0.1, 0.15) is 72.4 Å². The van der Waals surface area contributed by atoms with Crippen LogP contribution >= 0.6 is 0 Å². The number of hydrogen-bond acceptors (Lipinski definition) is 7. The van der Waals surface area contributed by atoms with Crippen molar-refractivity contribution in [2.75, 3.05) is 6.61 Å². The van der Waals surface area contributed by atoms with Gasteiger partial charge >= 0.3 is 0 Å². The molecule has 0 radical (unpaired) electrons. The van der Waals surface area contributed by atoms with Crippen molar-refractivity contribution in [3.8, 4) is 0 Å². The molecule has 1 aromatic heterocycles. The van der Waals surface area contributed by atoms with E-state index >= 15 is 0 Å². The van der Waals surface area contributed by atoms with Gasteiger partial charge in [-0.15, -0.1) is 0 Å². The van der Waals surface area contributed by atoms with Gasteiger partial charge in [-0.1, -0.05) is 40.3 Å². The van der Waals surface area contributed by atoms with E-state index in [2.05, 4.69) is 31.5 Å². The molecule has 0 fully saturated rings. The Morgan fingerprint density at radius 1 is 0.957 bits per heavy atom. The molecule has 3 N–H and O–H groups in total. The van der Waals surface area contributed by atoms with Crippen molar-refractivity contribution in [1.82, 2.24) is 4.98 Å². The Morgan fingerprint density at radius 2 is 1.66 bits per heavy atom. The highest BCUT2D eigenvalue weighted by Gasteiger charge is 2.46. The predicted molar refractivity (Wildman–Crippen MR) is 188 cm³/mol. The largest absolute Gasteiger partial charge is 0.510 e. The smallest absolute Gasteiger partial charge is 0.173 e. The lowest BCUT2D eigenvalue weighted by molar-refractivity contribution is -0.126. The summed E-state index contributed by atoms with van der Waals surface area (Å²) in [6.07, 6.45) is 9.31. The second-order valence-electron chi connectivity index (χ2n) is 13.8. The van der Waals surface area contributed by atoms with Gasteiger partial charge in [0.15, 0.2) is 5.78 Å². The number of allylic oxidation sites excluding steroid dienone is 10. The van der Waals surface area contributed by atoms with E-state index in [0.717, 1.165) is 67.5 Å². The highest BCUT2D eigenvalue weighted by Crippen LogP contribution is 2.47. The van der Waals surface area contributed by atoms with Crippen molar-refractivity contribution in [3.63, 3.8) is 0 Å². The predicted octanol–water partition coefficient (Wildman–Crippen LogP) is 5.45. The summed E-state index contributed by atoms with van der Waals surface area (Å²) in [6, 6.07) is 0. The lowest BCUT2D eigenvalue weighted by atomic mass is 9.86. The van der Waals surface area contributed by atoms with Gasteiger partial charge in [-0.3, -0.25) is 9.59 Å². The van der Waals surface area contributed by atoms with Gasteiger partial charge in [0, 0.05) is 44.8 Å². The van der Waals surface area contributed by atoms with Crippen LogP contribution in [-0.4, -0.2) is 50.5 Å². The summed E-state index contributed by atoms with van der Waals surface area (Å²) < 4.78 is 0. The lowest BCUT2D eigenvalue weighted by Gasteiger charge is -2.18. The van der Waals surface area contributed by atoms with E-state index in [4.69, 9.17) is 15.0 Å². The topological polar surface area (TPSA) is 127 Å². The summed E-state index contributed by atoms with van der Waals surface area (Å²) >= 11 is 0. The third-order valence-electron chi connectivity index (χ3n) is 9.92. The number of nitrogens with one attached hydrogen (secondary N) is 1. The zero-order valence-electron chi connectivity index (χ0n) is 28.5. The number of carbonyl (C=O) groups is 2. The monoisotopic (exact) mass is 630 g/mol. The number of Topliss-reactive ketones (excluding diaryl/α,β-unsaturated/α-hetero) is 2. The molecule has 0 aromatic carbocycles. The number of nitrogens with zero attached hydrogens (tertiary/aromatic N) is 3. The second-order valence-corrected chi connectivity index (χ2v) is 13.8. The van der Waals surface area contributed by atoms with Crippen LogP contribution < -0.4 is 10.7 Å². The van der Waals surface area contributed by atoms with Crippen LogP contribution in [0.15, 0.2) is 95.6 Å². The molecule has 242 valence electrons. The first kappa shape index (κ1) is 32.3. The number of aliphatic hydroxyl groups excluding tert-OH is 2. The van der Waals surface area contributed by atoms with Crippen molar-refractivity contribution >= 4 is 40.9 Å². The Balaban J connectivity index is 1.71. The highest BCUT2D eigenvalue weighted by atomic mass is 16.3. The molecule has 1 aromatic rings. The Hall–Kier alpha value is -4.69. The summed E-state index contributed by atoms with van der Waals surface area (Å²) in [5, 5.41) is 23.5. The molecular weight excluding hydrogens is 588 g/mol. The van der Waals surface area contributed by atoms with Crippen LogP contribution in [0.4, 0.5) is 0 Å². The quantitative estimate of drug-likeness (QED) is 0.370. The van der Waals surface area contributed by atoms with Crippen LogP contribution in [0.5, 0.6) is 0 Å². The number of carbonyl (C=O) groups excluding carboxylic acids is 2. The van der Waals surface area contributed by atoms with E-state index in [-0.39, 0.29) is 18.0 Å². The molecule has 5 aliphatic rings. The molecule has 4 aliphatic heterocycles. The van der Waals surface area contributed by atoms with E-state index in [0.29, 0.717) is 40.4 Å². The molecule has 1 atom stereocenters. The van der Waals surface area contributed by atoms with Gasteiger partial charge in [0.2, 0.25) is 0 Å². The minimum atomic E-state index is -1.12. The number of H-pyrrole nitrogens is 1. The summed E-state index contributed by atoms with van der Waals surface area (Å²) in [7, 11) is 0. The van der Waals surface area contributed by atoms with E-state index in [1.165, 1.54) is 0 Å². The minimum Gasteiger partial charge on any atom is -0.510 e. The first-order chi connectivity index (χ1) is 22.2. The maximum absolute atomic E-state index is 13.3. The van der Waals surface area contributed by atoms with Gasteiger partial charge in [-0.2, -0.15) is 0 Å². The SMILES string of the molecule is C=CC1=C(C)C2=C(C)C3=NC(=C4C5=NC(=C(C)C5=C(O)[C@@H]4C(=O)CO)C=c4[nH]c(c(C)c4CC)=CC1=N2)C(CCC(=O)C(C)(C)C)=C3. The Bertz CT molecular complexity index is 2120. The number of aromatic amines is 1. The van der Waals surface area contributed by atoms with Gasteiger partial charge in [0.25, 0.3) is 0 Å². The average molecular weight is 631 g/mol. The first-order valence-corrected chi connectivity index (χ1v) is 16.2. The Morgan fingerprint density at radius 3 is 2.30 bits per heavy atom. The molecule has 8 heteroatoms. The Labute approximate surface area is 275 Å². The van der Waals surface area contributed by atoms with Crippen LogP contribution in [-0.2, 0) is 16.0 Å². The van der Waals surface area contributed by atoms with Gasteiger partial charge in [0.1, 0.15) is 24.1 Å². The van der Waals surface area contributed by atoms with E-state index in [1.54, 1.807) is 0 Å². The molecule has 0 unspecified atom stereocenters. The van der Waals surface area contributed by atoms with Gasteiger partial charge < -0.3 is 15.2 Å². The summed E-state index contributed by atoms with van der Waals surface area (Å²) in [5.74, 6) is -1.69. The van der Waals surface area contributed by atoms with Crippen molar-refractivity contribution in [2.24, 2.45) is 26.3 Å². The molecule has 0 amide bonds. The van der Waals surface area contributed by atoms with Crippen molar-refractivity contribution in [2.45, 2.75) is 74.7 Å². The lowest BCUT2D eigenvalue weighted by Crippen LogP contribution is -2.22. The van der Waals surface area contributed by atoms with Crippen molar-refractivity contribution in [3.05, 3.63) is 102 Å². The standard InChI is InChI=1S/C39H42N4O4/c1-10-23-18(3)26-15-29-24(11-2)19(4)35(43-29)21(6)25-14-22(12-13-31(46)39(7,8)9)36(41-25)34-33(30(45)17-44)38(47)32-20(5)27(42-37(32)34)16-28(23)40-26/h11,14-16,33,40,44,47H,2,10,12-13,17H2,1,3-9H3/t33-/m1/s1. The molecule has 0 saturated carbocycles. The zero-order chi connectivity index (χ0) is 34.1. The molecule has 0 spiro atoms. The molecule has 1 aliphatic carbocycles. The summed E-state index contributed by atoms with van der Waals surface area (Å²) in [6.45, 7) is 19.1. The molecule has 8 bridgehead atoms. The number of ketones is 2. The zero-order valence-corrected chi connectivity index (χ0v) is 28.5. The number of aromatic nitrogens is 1. The minimum absolute atomic E-state index is 0.107. The molecular formula is C39H42N4O4. The third-order valence-corrected chi connectivity index (χ3v) is 9.92. The maximum atomic E-state index is 13.3. The highest BCUT2D eigenvalue weighted by molar-refractivity contribution is 6.27. The first-order valence-electron chi connectivity index (χ1n) is 16.2. The number of fused-ring (bicyclic) bond motifs is 5. The van der Waals surface area contributed by atoms with E-state index < -0.39 is 23.7 Å². The van der Waals surface area contributed by atoms with Crippen molar-refractivity contribution < 1.29 is 19.8 Å². The molecule has 8 nitrogen and oxygen atoms in total. The maximum Gasteiger partial charge on any atom is 0.173 e. The molecule has 0 saturated heterocycles. The van der Waals surface area contributed by atoms with Crippen LogP contribution in [0.25, 0.3) is 12.2 Å². The molecule has 5 heterocycles. The van der Waals surface area contributed by atoms with E-state index in [1.807, 2.05) is 59.8 Å². The molecule has 47 heavy (non-hydrogen) atoms. The number of aliphatic hydroxyl groups is 2. The third kappa shape index (κ3) is 5.06. The number of aliphatic imine (C=N–C) groups is 3. The average Bonchev–Trinajstić information content (AvgIpc) is 3.80.